The van der Waals surface area contributed by atoms with Gasteiger partial charge in [0.2, 0.25) is 0 Å². The maximum atomic E-state index is 8.70. The topological polar surface area (TPSA) is 84.7 Å². The number of aryl methyl sites for hydroxylation is 2. The predicted octanol–water partition coefficient (Wildman–Crippen LogP) is 1.86. The van der Waals surface area contributed by atoms with E-state index in [2.05, 4.69) is 25.5 Å². The Hall–Kier alpha value is -1.21. The van der Waals surface area contributed by atoms with Gasteiger partial charge >= 0.3 is 0 Å². The van der Waals surface area contributed by atoms with Gasteiger partial charge in [0, 0.05) is 58.3 Å². The molecule has 2 atom stereocenters. The van der Waals surface area contributed by atoms with E-state index in [1.54, 1.807) is 6.20 Å². The summed E-state index contributed by atoms with van der Waals surface area (Å²) in [5.41, 5.74) is 3.81. The minimum Gasteiger partial charge on any atom is -0.368 e. The normalized spacial score (nSPS) is 12.4. The smallest absolute Gasteiger partial charge is 0.158 e. The number of rotatable bonds is 5. The second kappa shape index (κ2) is 12.2. The van der Waals surface area contributed by atoms with Gasteiger partial charge in [-0.1, -0.05) is 0 Å². The van der Waals surface area contributed by atoms with Crippen LogP contribution in [0.2, 0.25) is 0 Å². The van der Waals surface area contributed by atoms with E-state index >= 15 is 0 Å². The maximum absolute atomic E-state index is 8.70. The zero-order chi connectivity index (χ0) is 17.2. The fraction of sp³-hybridized carbons (Fsp3) is 0.412. The summed E-state index contributed by atoms with van der Waals surface area (Å²) in [5, 5.41) is 17.4. The van der Waals surface area contributed by atoms with Gasteiger partial charge in [-0.05, 0) is 13.8 Å². The number of aliphatic hydroxyl groups excluding tert-OH is 2. The monoisotopic (exact) mass is 512 g/mol. The fourth-order valence-electron chi connectivity index (χ4n) is 1.77. The molecule has 0 aliphatic carbocycles. The van der Waals surface area contributed by atoms with Gasteiger partial charge in [-0.25, -0.2) is 0 Å². The number of aromatic nitrogens is 2. The predicted molar refractivity (Wildman–Crippen MR) is 86.4 cm³/mol. The van der Waals surface area contributed by atoms with Crippen molar-refractivity contribution in [3.63, 3.8) is 0 Å². The van der Waals surface area contributed by atoms with Crippen LogP contribution < -0.4 is 0 Å². The second-order valence-electron chi connectivity index (χ2n) is 4.84. The minimum atomic E-state index is -0.944. The first-order valence-corrected chi connectivity index (χ1v) is 7.17. The van der Waals surface area contributed by atoms with Crippen molar-refractivity contribution in [3.8, 4) is 11.3 Å². The Balaban J connectivity index is 0.000000468. The van der Waals surface area contributed by atoms with Crippen LogP contribution in [0, 0.1) is 19.9 Å². The number of hydrogen-bond donors (Lipinski definition) is 2. The van der Waals surface area contributed by atoms with E-state index in [4.69, 9.17) is 10.2 Å². The van der Waals surface area contributed by atoms with Gasteiger partial charge in [-0.3, -0.25) is 4.98 Å². The number of hydrogen-bond acceptors (Lipinski definition) is 6. The number of methoxy groups -OCH3 is 2. The average molecular weight is 512 g/mol. The third-order valence-electron chi connectivity index (χ3n) is 2.98. The Morgan fingerprint density at radius 1 is 1.12 bits per heavy atom. The quantitative estimate of drug-likeness (QED) is 0.471. The fourth-order valence-corrected chi connectivity index (χ4v) is 1.77. The summed E-state index contributed by atoms with van der Waals surface area (Å²) in [6, 6.07) is 10.9. The van der Waals surface area contributed by atoms with Crippen LogP contribution in [-0.4, -0.2) is 47.0 Å². The molecule has 0 fully saturated rings. The van der Waals surface area contributed by atoms with Gasteiger partial charge in [0.1, 0.15) is 0 Å². The first-order valence-electron chi connectivity index (χ1n) is 7.17. The molecule has 0 aliphatic heterocycles. The molecule has 0 aliphatic rings. The van der Waals surface area contributed by atoms with Crippen LogP contribution in [0.3, 0.4) is 0 Å². The van der Waals surface area contributed by atoms with Crippen molar-refractivity contribution < 1.29 is 39.8 Å². The average Bonchev–Trinajstić information content (AvgIpc) is 2.56. The van der Waals surface area contributed by atoms with Gasteiger partial charge in [-0.2, -0.15) is 0 Å². The van der Waals surface area contributed by atoms with Gasteiger partial charge in [-0.15, -0.1) is 35.9 Å². The summed E-state index contributed by atoms with van der Waals surface area (Å²) in [6.45, 7) is 3.91. The van der Waals surface area contributed by atoms with E-state index < -0.39 is 12.6 Å². The van der Waals surface area contributed by atoms with Crippen LogP contribution in [0.25, 0.3) is 11.3 Å². The number of ether oxygens (including phenoxy) is 2. The number of nitrogens with zero attached hydrogens (tertiary/aromatic N) is 2. The summed E-state index contributed by atoms with van der Waals surface area (Å²) >= 11 is 0. The summed E-state index contributed by atoms with van der Waals surface area (Å²) in [4.78, 5) is 8.72. The SMILES string of the molecule is COC(O)CC(O)OC.Cc1cnc(-c2[c-]cccc2)c(C)n1.[Ir]. The molecule has 135 valence electrons. The first kappa shape index (κ1) is 22.8. The third kappa shape index (κ3) is 8.06. The van der Waals surface area contributed by atoms with Gasteiger partial charge in [0.25, 0.3) is 0 Å². The Bertz CT molecular complexity index is 576. The molecule has 1 radical (unpaired) electrons. The van der Waals surface area contributed by atoms with Crippen molar-refractivity contribution >= 4 is 0 Å². The van der Waals surface area contributed by atoms with Crippen molar-refractivity contribution in [3.05, 3.63) is 47.9 Å². The number of benzene rings is 1. The Morgan fingerprint density at radius 2 is 1.75 bits per heavy atom. The Morgan fingerprint density at radius 3 is 2.21 bits per heavy atom. The molecule has 0 spiro atoms. The molecule has 0 saturated heterocycles. The molecule has 2 N–H and O–H groups in total. The first-order chi connectivity index (χ1) is 11.0. The molecule has 2 rings (SSSR count). The molecule has 2 unspecified atom stereocenters. The molecule has 7 heteroatoms. The van der Waals surface area contributed by atoms with Crippen molar-refractivity contribution in [2.24, 2.45) is 0 Å². The Labute approximate surface area is 156 Å². The van der Waals surface area contributed by atoms with Crippen LogP contribution in [0.4, 0.5) is 0 Å². The molecule has 0 amide bonds. The van der Waals surface area contributed by atoms with Gasteiger partial charge in [0.15, 0.2) is 12.6 Å². The summed E-state index contributed by atoms with van der Waals surface area (Å²) in [7, 11) is 2.71. The standard InChI is InChI=1S/C12H11N2.C5H12O4.Ir/c1-9-8-13-12(10(2)14-9)11-6-4-3-5-7-11;1-8-4(6)3-5(7)9-2;/h3-6,8H,1-2H3;4-7H,3H2,1-2H3;/q-1;;. The molecule has 2 aromatic rings. The zero-order valence-electron chi connectivity index (χ0n) is 14.2. The molecule has 24 heavy (non-hydrogen) atoms. The van der Waals surface area contributed by atoms with E-state index in [9.17, 15) is 0 Å². The van der Waals surface area contributed by atoms with Crippen molar-refractivity contribution in [2.75, 3.05) is 14.2 Å². The largest absolute Gasteiger partial charge is 0.368 e. The summed E-state index contributed by atoms with van der Waals surface area (Å²) in [6.07, 6.45) is -0.0317. The van der Waals surface area contributed by atoms with E-state index in [0.29, 0.717) is 0 Å². The van der Waals surface area contributed by atoms with Gasteiger partial charge < -0.3 is 24.7 Å². The van der Waals surface area contributed by atoms with Gasteiger partial charge in [0.05, 0.1) is 5.69 Å². The summed E-state index contributed by atoms with van der Waals surface area (Å²) < 4.78 is 8.88. The number of aliphatic hydroxyl groups is 2. The molecule has 0 bridgehead atoms. The molecule has 1 heterocycles. The molecule has 1 aromatic carbocycles. The molecule has 6 nitrogen and oxygen atoms in total. The molecular weight excluding hydrogens is 488 g/mol. The maximum Gasteiger partial charge on any atom is 0.158 e. The van der Waals surface area contributed by atoms with Crippen LogP contribution in [0.5, 0.6) is 0 Å². The Kier molecular flexibility index (Phi) is 11.6. The van der Waals surface area contributed by atoms with E-state index in [-0.39, 0.29) is 26.5 Å². The molecule has 0 saturated carbocycles. The van der Waals surface area contributed by atoms with Crippen LogP contribution in [0.1, 0.15) is 17.8 Å². The summed E-state index contributed by atoms with van der Waals surface area (Å²) in [5.74, 6) is 0. The molecule has 1 aromatic heterocycles. The second-order valence-corrected chi connectivity index (χ2v) is 4.84. The van der Waals surface area contributed by atoms with Crippen LogP contribution in [0.15, 0.2) is 30.5 Å². The zero-order valence-corrected chi connectivity index (χ0v) is 16.6. The van der Waals surface area contributed by atoms with E-state index in [1.165, 1.54) is 14.2 Å². The van der Waals surface area contributed by atoms with E-state index in [0.717, 1.165) is 22.6 Å². The van der Waals surface area contributed by atoms with Crippen LogP contribution >= 0.6 is 0 Å². The van der Waals surface area contributed by atoms with Crippen molar-refractivity contribution in [1.82, 2.24) is 9.97 Å². The molecular formula is C17H23IrN2O4-. The van der Waals surface area contributed by atoms with E-state index in [1.807, 2.05) is 38.1 Å². The van der Waals surface area contributed by atoms with Crippen molar-refractivity contribution in [2.45, 2.75) is 32.8 Å². The van der Waals surface area contributed by atoms with Crippen LogP contribution in [-0.2, 0) is 29.6 Å². The third-order valence-corrected chi connectivity index (χ3v) is 2.98. The van der Waals surface area contributed by atoms with Crippen molar-refractivity contribution in [1.29, 1.82) is 0 Å². The minimum absolute atomic E-state index is 0.